The number of nitrogens with one attached hydrogen (secondary N) is 1. The molecule has 1 aromatic heterocycles. The standard InChI is InChI=1S/C14H25N3S2/c1-4-6-12-13(9-15-5-2)19-14(16-12)17(3)11-7-8-18-10-11/h11,15H,4-10H2,1-3H3. The maximum Gasteiger partial charge on any atom is 0.185 e. The lowest BCUT2D eigenvalue weighted by molar-refractivity contribution is 0.695. The second-order valence-corrected chi connectivity index (χ2v) is 7.24. The van der Waals surface area contributed by atoms with Crippen molar-refractivity contribution < 1.29 is 0 Å². The fourth-order valence-electron chi connectivity index (χ4n) is 2.31. The van der Waals surface area contributed by atoms with E-state index in [2.05, 4.69) is 42.9 Å². The zero-order chi connectivity index (χ0) is 13.7. The molecular formula is C14H25N3S2. The summed E-state index contributed by atoms with van der Waals surface area (Å²) in [5.74, 6) is 2.55. The Morgan fingerprint density at radius 3 is 2.89 bits per heavy atom. The first-order valence-corrected chi connectivity index (χ1v) is 9.23. The molecule has 1 atom stereocenters. The lowest BCUT2D eigenvalue weighted by Crippen LogP contribution is -2.31. The molecule has 1 aliphatic rings. The molecule has 0 spiro atoms. The highest BCUT2D eigenvalue weighted by Crippen LogP contribution is 2.31. The van der Waals surface area contributed by atoms with Gasteiger partial charge in [0.2, 0.25) is 0 Å². The summed E-state index contributed by atoms with van der Waals surface area (Å²) in [5, 5.41) is 4.64. The predicted octanol–water partition coefficient (Wildman–Crippen LogP) is 3.15. The van der Waals surface area contributed by atoms with Crippen LogP contribution < -0.4 is 10.2 Å². The van der Waals surface area contributed by atoms with Gasteiger partial charge in [-0.05, 0) is 25.1 Å². The van der Waals surface area contributed by atoms with Crippen molar-refractivity contribution in [2.45, 2.75) is 45.7 Å². The van der Waals surface area contributed by atoms with E-state index in [0.29, 0.717) is 6.04 Å². The van der Waals surface area contributed by atoms with Crippen LogP contribution in [0.1, 0.15) is 37.3 Å². The number of hydrogen-bond acceptors (Lipinski definition) is 5. The van der Waals surface area contributed by atoms with E-state index in [1.54, 1.807) is 0 Å². The van der Waals surface area contributed by atoms with E-state index in [0.717, 1.165) is 19.5 Å². The van der Waals surface area contributed by atoms with Crippen LogP contribution in [-0.4, -0.2) is 36.1 Å². The third kappa shape index (κ3) is 3.86. The van der Waals surface area contributed by atoms with Gasteiger partial charge in [0, 0.05) is 30.3 Å². The summed E-state index contributed by atoms with van der Waals surface area (Å²) in [6.45, 7) is 6.38. The topological polar surface area (TPSA) is 28.2 Å². The molecule has 3 nitrogen and oxygen atoms in total. The quantitative estimate of drug-likeness (QED) is 0.837. The van der Waals surface area contributed by atoms with Crippen molar-refractivity contribution in [1.29, 1.82) is 0 Å². The first-order valence-electron chi connectivity index (χ1n) is 7.26. The molecule has 2 heterocycles. The van der Waals surface area contributed by atoms with Gasteiger partial charge in [-0.1, -0.05) is 20.3 Å². The summed E-state index contributed by atoms with van der Waals surface area (Å²) in [6.07, 6.45) is 3.57. The van der Waals surface area contributed by atoms with Crippen molar-refractivity contribution in [3.8, 4) is 0 Å². The summed E-state index contributed by atoms with van der Waals surface area (Å²) in [7, 11) is 2.21. The van der Waals surface area contributed by atoms with Crippen LogP contribution in [0.4, 0.5) is 5.13 Å². The Kier molecular flexibility index (Phi) is 5.98. The van der Waals surface area contributed by atoms with Crippen LogP contribution >= 0.6 is 23.1 Å². The van der Waals surface area contributed by atoms with Gasteiger partial charge in [0.25, 0.3) is 0 Å². The molecule has 1 aliphatic heterocycles. The molecule has 1 fully saturated rings. The highest BCUT2D eigenvalue weighted by Gasteiger charge is 2.23. The Labute approximate surface area is 125 Å². The lowest BCUT2D eigenvalue weighted by atomic mass is 10.2. The maximum atomic E-state index is 4.89. The molecule has 108 valence electrons. The molecule has 0 aliphatic carbocycles. The number of nitrogens with zero attached hydrogens (tertiary/aromatic N) is 2. The number of thioether (sulfide) groups is 1. The van der Waals surface area contributed by atoms with Crippen LogP contribution in [0.5, 0.6) is 0 Å². The molecule has 5 heteroatoms. The number of aromatic nitrogens is 1. The van der Waals surface area contributed by atoms with Crippen LogP contribution in [0, 0.1) is 0 Å². The van der Waals surface area contributed by atoms with E-state index >= 15 is 0 Å². The van der Waals surface area contributed by atoms with Crippen LogP contribution in [0.3, 0.4) is 0 Å². The molecular weight excluding hydrogens is 274 g/mol. The van der Waals surface area contributed by atoms with Crippen LogP contribution in [0.15, 0.2) is 0 Å². The third-order valence-corrected chi connectivity index (χ3v) is 5.88. The van der Waals surface area contributed by atoms with E-state index in [1.165, 1.54) is 40.0 Å². The van der Waals surface area contributed by atoms with Gasteiger partial charge in [0.15, 0.2) is 5.13 Å². The van der Waals surface area contributed by atoms with Gasteiger partial charge in [-0.25, -0.2) is 4.98 Å². The number of hydrogen-bond donors (Lipinski definition) is 1. The molecule has 1 saturated heterocycles. The van der Waals surface area contributed by atoms with Gasteiger partial charge in [-0.15, -0.1) is 11.3 Å². The normalized spacial score (nSPS) is 19.0. The lowest BCUT2D eigenvalue weighted by Gasteiger charge is -2.22. The summed E-state index contributed by atoms with van der Waals surface area (Å²) in [4.78, 5) is 8.72. The van der Waals surface area contributed by atoms with Crippen molar-refractivity contribution in [2.24, 2.45) is 0 Å². The Balaban J connectivity index is 2.10. The summed E-state index contributed by atoms with van der Waals surface area (Å²) in [5.41, 5.74) is 1.31. The molecule has 19 heavy (non-hydrogen) atoms. The maximum absolute atomic E-state index is 4.89. The molecule has 1 N–H and O–H groups in total. The fraction of sp³-hybridized carbons (Fsp3) is 0.786. The second kappa shape index (κ2) is 7.50. The summed E-state index contributed by atoms with van der Waals surface area (Å²) < 4.78 is 0. The number of aryl methyl sites for hydroxylation is 1. The highest BCUT2D eigenvalue weighted by atomic mass is 32.2. The highest BCUT2D eigenvalue weighted by molar-refractivity contribution is 7.99. The van der Waals surface area contributed by atoms with Crippen LogP contribution in [0.25, 0.3) is 0 Å². The number of thiazole rings is 1. The molecule has 0 aromatic carbocycles. The van der Waals surface area contributed by atoms with Crippen molar-refractivity contribution in [2.75, 3.05) is 30.0 Å². The van der Waals surface area contributed by atoms with Gasteiger partial charge < -0.3 is 10.2 Å². The molecule has 1 unspecified atom stereocenters. The van der Waals surface area contributed by atoms with E-state index in [-0.39, 0.29) is 0 Å². The Morgan fingerprint density at radius 1 is 1.42 bits per heavy atom. The van der Waals surface area contributed by atoms with Gasteiger partial charge in [-0.2, -0.15) is 11.8 Å². The minimum Gasteiger partial charge on any atom is -0.347 e. The number of rotatable bonds is 7. The van der Waals surface area contributed by atoms with Gasteiger partial charge >= 0.3 is 0 Å². The first kappa shape index (κ1) is 15.1. The first-order chi connectivity index (χ1) is 9.26. The van der Waals surface area contributed by atoms with Crippen LogP contribution in [0.2, 0.25) is 0 Å². The molecule has 2 rings (SSSR count). The fourth-order valence-corrected chi connectivity index (χ4v) is 4.69. The SMILES string of the molecule is CCCc1nc(N(C)C2CCSC2)sc1CNCC. The van der Waals surface area contributed by atoms with Crippen molar-refractivity contribution in [1.82, 2.24) is 10.3 Å². The largest absolute Gasteiger partial charge is 0.347 e. The van der Waals surface area contributed by atoms with E-state index in [9.17, 15) is 0 Å². The summed E-state index contributed by atoms with van der Waals surface area (Å²) >= 11 is 3.94. The van der Waals surface area contributed by atoms with Gasteiger partial charge in [0.1, 0.15) is 0 Å². The molecule has 0 amide bonds. The zero-order valence-corrected chi connectivity index (χ0v) is 13.9. The van der Waals surface area contributed by atoms with Crippen molar-refractivity contribution in [3.63, 3.8) is 0 Å². The smallest absolute Gasteiger partial charge is 0.185 e. The minimum absolute atomic E-state index is 0.678. The average Bonchev–Trinajstić information content (AvgIpc) is 3.06. The number of anilines is 1. The van der Waals surface area contributed by atoms with Gasteiger partial charge in [-0.3, -0.25) is 0 Å². The monoisotopic (exact) mass is 299 g/mol. The van der Waals surface area contributed by atoms with E-state index < -0.39 is 0 Å². The third-order valence-electron chi connectivity index (χ3n) is 3.54. The second-order valence-electron chi connectivity index (χ2n) is 5.02. The molecule has 1 aromatic rings. The Morgan fingerprint density at radius 2 is 2.26 bits per heavy atom. The molecule has 0 bridgehead atoms. The predicted molar refractivity (Wildman–Crippen MR) is 87.6 cm³/mol. The molecule has 0 saturated carbocycles. The van der Waals surface area contributed by atoms with E-state index in [1.807, 2.05) is 11.3 Å². The summed E-state index contributed by atoms with van der Waals surface area (Å²) in [6, 6.07) is 0.678. The zero-order valence-electron chi connectivity index (χ0n) is 12.2. The van der Waals surface area contributed by atoms with Crippen molar-refractivity contribution >= 4 is 28.2 Å². The van der Waals surface area contributed by atoms with Crippen LogP contribution in [-0.2, 0) is 13.0 Å². The van der Waals surface area contributed by atoms with Crippen molar-refractivity contribution in [3.05, 3.63) is 10.6 Å². The average molecular weight is 300 g/mol. The Hall–Kier alpha value is -0.260. The minimum atomic E-state index is 0.678. The van der Waals surface area contributed by atoms with Gasteiger partial charge in [0.05, 0.1) is 5.69 Å². The Bertz CT molecular complexity index is 386. The molecule has 0 radical (unpaired) electrons. The van der Waals surface area contributed by atoms with E-state index in [4.69, 9.17) is 4.98 Å².